The van der Waals surface area contributed by atoms with Gasteiger partial charge in [-0.3, -0.25) is 0 Å². The molecular formula is C12H17NO. The number of rotatable bonds is 2. The van der Waals surface area contributed by atoms with Crippen LogP contribution in [0.4, 0.5) is 0 Å². The molecule has 0 radical (unpaired) electrons. The Morgan fingerprint density at radius 2 is 2.29 bits per heavy atom. The molecule has 1 atom stereocenters. The normalized spacial score (nSPS) is 19.5. The molecule has 2 N–H and O–H groups in total. The van der Waals surface area contributed by atoms with Crippen molar-refractivity contribution in [2.24, 2.45) is 5.73 Å². The van der Waals surface area contributed by atoms with Gasteiger partial charge in [0.1, 0.15) is 5.75 Å². The summed E-state index contributed by atoms with van der Waals surface area (Å²) in [5, 5.41) is 0. The molecule has 0 spiro atoms. The molecule has 0 aromatic heterocycles. The highest BCUT2D eigenvalue weighted by Gasteiger charge is 2.24. The fourth-order valence-electron chi connectivity index (χ4n) is 2.22. The molecule has 2 heteroatoms. The van der Waals surface area contributed by atoms with Crippen LogP contribution >= 0.6 is 0 Å². The predicted octanol–water partition coefficient (Wildman–Crippen LogP) is 2.34. The highest BCUT2D eigenvalue weighted by molar-refractivity contribution is 5.49. The molecule has 1 aliphatic carbocycles. The van der Waals surface area contributed by atoms with Crippen molar-refractivity contribution in [1.29, 1.82) is 0 Å². The van der Waals surface area contributed by atoms with Gasteiger partial charge >= 0.3 is 0 Å². The number of hydrogen-bond acceptors (Lipinski definition) is 2. The van der Waals surface area contributed by atoms with Crippen molar-refractivity contribution in [3.05, 3.63) is 28.8 Å². The third-order valence-electron chi connectivity index (χ3n) is 2.93. The van der Waals surface area contributed by atoms with Crippen molar-refractivity contribution >= 4 is 0 Å². The quantitative estimate of drug-likeness (QED) is 0.778. The SMILES string of the molecule is CCOc1ccc(C)c2c1C(N)CC2. The van der Waals surface area contributed by atoms with Crippen LogP contribution in [0.15, 0.2) is 12.1 Å². The first kappa shape index (κ1) is 9.53. The Kier molecular flexibility index (Phi) is 2.46. The van der Waals surface area contributed by atoms with Crippen molar-refractivity contribution in [2.75, 3.05) is 6.61 Å². The largest absolute Gasteiger partial charge is 0.494 e. The molecule has 0 amide bonds. The van der Waals surface area contributed by atoms with Gasteiger partial charge in [-0.1, -0.05) is 6.07 Å². The minimum Gasteiger partial charge on any atom is -0.494 e. The Labute approximate surface area is 85.1 Å². The first-order valence-corrected chi connectivity index (χ1v) is 5.24. The van der Waals surface area contributed by atoms with E-state index in [1.165, 1.54) is 16.7 Å². The van der Waals surface area contributed by atoms with E-state index < -0.39 is 0 Å². The van der Waals surface area contributed by atoms with Crippen LogP contribution in [-0.4, -0.2) is 6.61 Å². The molecule has 76 valence electrons. The van der Waals surface area contributed by atoms with Gasteiger partial charge in [0.05, 0.1) is 6.61 Å². The Hall–Kier alpha value is -1.02. The summed E-state index contributed by atoms with van der Waals surface area (Å²) >= 11 is 0. The molecule has 1 aromatic rings. The van der Waals surface area contributed by atoms with Crippen LogP contribution in [0.3, 0.4) is 0 Å². The number of ether oxygens (including phenoxy) is 1. The van der Waals surface area contributed by atoms with Crippen molar-refractivity contribution in [2.45, 2.75) is 32.7 Å². The highest BCUT2D eigenvalue weighted by Crippen LogP contribution is 2.38. The second kappa shape index (κ2) is 3.62. The molecule has 0 saturated heterocycles. The summed E-state index contributed by atoms with van der Waals surface area (Å²) < 4.78 is 5.59. The third kappa shape index (κ3) is 1.40. The highest BCUT2D eigenvalue weighted by atomic mass is 16.5. The molecule has 2 rings (SSSR count). The van der Waals surface area contributed by atoms with Crippen LogP contribution in [0, 0.1) is 6.92 Å². The van der Waals surface area contributed by atoms with E-state index in [1.807, 2.05) is 13.0 Å². The molecule has 1 aromatic carbocycles. The summed E-state index contributed by atoms with van der Waals surface area (Å²) in [4.78, 5) is 0. The summed E-state index contributed by atoms with van der Waals surface area (Å²) in [6.07, 6.45) is 2.16. The Balaban J connectivity index is 2.49. The number of nitrogens with two attached hydrogens (primary N) is 1. The summed E-state index contributed by atoms with van der Waals surface area (Å²) in [6.45, 7) is 4.86. The van der Waals surface area contributed by atoms with Crippen LogP contribution in [0.5, 0.6) is 5.75 Å². The van der Waals surface area contributed by atoms with E-state index in [0.717, 1.165) is 18.6 Å². The molecule has 0 aliphatic heterocycles. The number of benzene rings is 1. The van der Waals surface area contributed by atoms with Gasteiger partial charge < -0.3 is 10.5 Å². The standard InChI is InChI=1S/C12H17NO/c1-3-14-11-7-4-8(2)9-5-6-10(13)12(9)11/h4,7,10H,3,5-6,13H2,1-2H3. The lowest BCUT2D eigenvalue weighted by atomic mass is 10.0. The maximum atomic E-state index is 6.07. The van der Waals surface area contributed by atoms with Gasteiger partial charge in [-0.2, -0.15) is 0 Å². The zero-order valence-electron chi connectivity index (χ0n) is 8.84. The smallest absolute Gasteiger partial charge is 0.124 e. The van der Waals surface area contributed by atoms with Gasteiger partial charge in [-0.15, -0.1) is 0 Å². The van der Waals surface area contributed by atoms with Gasteiger partial charge in [0, 0.05) is 11.6 Å². The molecule has 0 fully saturated rings. The number of aryl methyl sites for hydroxylation is 1. The van der Waals surface area contributed by atoms with Gasteiger partial charge in [0.2, 0.25) is 0 Å². The van der Waals surface area contributed by atoms with E-state index in [1.54, 1.807) is 0 Å². The first-order valence-electron chi connectivity index (χ1n) is 5.24. The van der Waals surface area contributed by atoms with Gasteiger partial charge in [0.15, 0.2) is 0 Å². The summed E-state index contributed by atoms with van der Waals surface area (Å²) in [7, 11) is 0. The second-order valence-corrected chi connectivity index (χ2v) is 3.85. The van der Waals surface area contributed by atoms with E-state index in [-0.39, 0.29) is 6.04 Å². The fraction of sp³-hybridized carbons (Fsp3) is 0.500. The van der Waals surface area contributed by atoms with Gasteiger partial charge in [0.25, 0.3) is 0 Å². The topological polar surface area (TPSA) is 35.2 Å². The maximum Gasteiger partial charge on any atom is 0.124 e. The van der Waals surface area contributed by atoms with Crippen LogP contribution in [-0.2, 0) is 6.42 Å². The minimum atomic E-state index is 0.173. The van der Waals surface area contributed by atoms with Crippen LogP contribution < -0.4 is 10.5 Å². The van der Waals surface area contributed by atoms with Gasteiger partial charge in [-0.25, -0.2) is 0 Å². The van der Waals surface area contributed by atoms with Crippen molar-refractivity contribution < 1.29 is 4.74 Å². The maximum absolute atomic E-state index is 6.07. The Morgan fingerprint density at radius 3 is 3.00 bits per heavy atom. The van der Waals surface area contributed by atoms with E-state index in [9.17, 15) is 0 Å². The lowest BCUT2D eigenvalue weighted by Crippen LogP contribution is -2.08. The third-order valence-corrected chi connectivity index (χ3v) is 2.93. The van der Waals surface area contributed by atoms with E-state index in [4.69, 9.17) is 10.5 Å². The van der Waals surface area contributed by atoms with E-state index in [0.29, 0.717) is 6.61 Å². The number of hydrogen-bond donors (Lipinski definition) is 1. The Bertz CT molecular complexity index is 346. The zero-order valence-corrected chi connectivity index (χ0v) is 8.84. The average Bonchev–Trinajstić information content (AvgIpc) is 2.55. The first-order chi connectivity index (χ1) is 6.74. The molecule has 1 aliphatic rings. The number of fused-ring (bicyclic) bond motifs is 1. The van der Waals surface area contributed by atoms with Crippen molar-refractivity contribution in [3.8, 4) is 5.75 Å². The van der Waals surface area contributed by atoms with Gasteiger partial charge in [-0.05, 0) is 43.9 Å². The lowest BCUT2D eigenvalue weighted by molar-refractivity contribution is 0.335. The van der Waals surface area contributed by atoms with E-state index >= 15 is 0 Å². The van der Waals surface area contributed by atoms with Crippen LogP contribution in [0.2, 0.25) is 0 Å². The fourth-order valence-corrected chi connectivity index (χ4v) is 2.22. The lowest BCUT2D eigenvalue weighted by Gasteiger charge is -2.13. The average molecular weight is 191 g/mol. The monoisotopic (exact) mass is 191 g/mol. The molecule has 0 heterocycles. The predicted molar refractivity (Wildman–Crippen MR) is 57.6 cm³/mol. The molecule has 2 nitrogen and oxygen atoms in total. The summed E-state index contributed by atoms with van der Waals surface area (Å²) in [5.41, 5.74) is 10.1. The summed E-state index contributed by atoms with van der Waals surface area (Å²) in [6, 6.07) is 4.34. The van der Waals surface area contributed by atoms with Crippen molar-refractivity contribution in [3.63, 3.8) is 0 Å². The second-order valence-electron chi connectivity index (χ2n) is 3.85. The van der Waals surface area contributed by atoms with E-state index in [2.05, 4.69) is 13.0 Å². The minimum absolute atomic E-state index is 0.173. The molecule has 1 unspecified atom stereocenters. The molecule has 0 bridgehead atoms. The Morgan fingerprint density at radius 1 is 1.50 bits per heavy atom. The molecule has 0 saturated carbocycles. The zero-order chi connectivity index (χ0) is 10.1. The summed E-state index contributed by atoms with van der Waals surface area (Å²) in [5.74, 6) is 0.984. The van der Waals surface area contributed by atoms with Crippen molar-refractivity contribution in [1.82, 2.24) is 0 Å². The molecular weight excluding hydrogens is 174 g/mol. The van der Waals surface area contributed by atoms with Crippen LogP contribution in [0.1, 0.15) is 36.1 Å². The van der Waals surface area contributed by atoms with Crippen LogP contribution in [0.25, 0.3) is 0 Å². The molecule has 14 heavy (non-hydrogen) atoms.